The molecule has 2 atom stereocenters. The van der Waals surface area contributed by atoms with E-state index in [1.54, 1.807) is 11.3 Å². The first kappa shape index (κ1) is 11.4. The summed E-state index contributed by atoms with van der Waals surface area (Å²) in [5.41, 5.74) is 8.51. The number of thiophene rings is 1. The molecule has 3 rings (SSSR count). The Balaban J connectivity index is 2.16. The molecular formula is C14H15N3S. The molecular weight excluding hydrogens is 242 g/mol. The highest BCUT2D eigenvalue weighted by atomic mass is 32.1. The van der Waals surface area contributed by atoms with Crippen LogP contribution < -0.4 is 5.73 Å². The fourth-order valence-electron chi connectivity index (χ4n) is 2.32. The van der Waals surface area contributed by atoms with E-state index in [2.05, 4.69) is 34.1 Å². The number of nitrogens with two attached hydrogens (primary N) is 1. The van der Waals surface area contributed by atoms with E-state index in [1.807, 2.05) is 29.9 Å². The molecule has 0 fully saturated rings. The molecule has 2 aromatic heterocycles. The van der Waals surface area contributed by atoms with Crippen LogP contribution in [0.25, 0.3) is 10.9 Å². The molecule has 3 aromatic rings. The number of nitrogens with zero attached hydrogens (tertiary/aromatic N) is 2. The van der Waals surface area contributed by atoms with Gasteiger partial charge in [-0.2, -0.15) is 16.4 Å². The maximum atomic E-state index is 6.15. The van der Waals surface area contributed by atoms with E-state index in [4.69, 9.17) is 5.73 Å². The van der Waals surface area contributed by atoms with Crippen molar-refractivity contribution in [2.75, 3.05) is 0 Å². The van der Waals surface area contributed by atoms with Gasteiger partial charge in [0.15, 0.2) is 0 Å². The molecule has 0 saturated carbocycles. The molecule has 2 N–H and O–H groups in total. The lowest BCUT2D eigenvalue weighted by atomic mass is 10.0. The second-order valence-electron chi connectivity index (χ2n) is 4.51. The molecule has 0 aliphatic rings. The molecule has 0 aliphatic heterocycles. The van der Waals surface area contributed by atoms with E-state index in [0.29, 0.717) is 0 Å². The van der Waals surface area contributed by atoms with Crippen molar-refractivity contribution in [2.45, 2.75) is 19.0 Å². The van der Waals surface area contributed by atoms with E-state index in [0.717, 1.165) is 10.9 Å². The van der Waals surface area contributed by atoms with E-state index in [-0.39, 0.29) is 12.1 Å². The Morgan fingerprint density at radius 2 is 2.11 bits per heavy atom. The van der Waals surface area contributed by atoms with Crippen LogP contribution in [-0.4, -0.2) is 15.8 Å². The minimum absolute atomic E-state index is 0.0166. The maximum absolute atomic E-state index is 6.15. The molecule has 4 heteroatoms. The smallest absolute Gasteiger partial charge is 0.0931 e. The number of hydrogen-bond donors (Lipinski definition) is 1. The van der Waals surface area contributed by atoms with Gasteiger partial charge in [-0.15, -0.1) is 0 Å². The first-order valence-corrected chi connectivity index (χ1v) is 6.91. The summed E-state index contributed by atoms with van der Waals surface area (Å²) in [4.78, 5) is 0. The van der Waals surface area contributed by atoms with Gasteiger partial charge in [-0.1, -0.05) is 18.2 Å². The average molecular weight is 257 g/mol. The molecule has 2 heterocycles. The number of benzene rings is 1. The third-order valence-electron chi connectivity index (χ3n) is 3.15. The van der Waals surface area contributed by atoms with Crippen molar-refractivity contribution in [3.8, 4) is 0 Å². The largest absolute Gasteiger partial charge is 0.326 e. The van der Waals surface area contributed by atoms with Crippen molar-refractivity contribution in [1.82, 2.24) is 9.78 Å². The van der Waals surface area contributed by atoms with Gasteiger partial charge in [0.2, 0.25) is 0 Å². The average Bonchev–Trinajstić information content (AvgIpc) is 3.00. The summed E-state index contributed by atoms with van der Waals surface area (Å²) < 4.78 is 2.03. The second-order valence-corrected chi connectivity index (χ2v) is 5.29. The monoisotopic (exact) mass is 257 g/mol. The van der Waals surface area contributed by atoms with Gasteiger partial charge < -0.3 is 5.73 Å². The first-order valence-electron chi connectivity index (χ1n) is 5.97. The minimum atomic E-state index is 0.0166. The summed E-state index contributed by atoms with van der Waals surface area (Å²) in [6, 6.07) is 10.5. The lowest BCUT2D eigenvalue weighted by Gasteiger charge is -2.21. The normalized spacial score (nSPS) is 14.8. The summed E-state index contributed by atoms with van der Waals surface area (Å²) >= 11 is 1.69. The van der Waals surface area contributed by atoms with Crippen LogP contribution in [0, 0.1) is 0 Å². The van der Waals surface area contributed by atoms with Gasteiger partial charge in [-0.3, -0.25) is 4.68 Å². The van der Waals surface area contributed by atoms with Gasteiger partial charge in [-0.05, 0) is 35.4 Å². The van der Waals surface area contributed by atoms with Crippen molar-refractivity contribution in [2.24, 2.45) is 5.73 Å². The molecule has 0 amide bonds. The Morgan fingerprint density at radius 1 is 1.28 bits per heavy atom. The Labute approximate surface area is 110 Å². The van der Waals surface area contributed by atoms with E-state index >= 15 is 0 Å². The van der Waals surface area contributed by atoms with Crippen LogP contribution in [-0.2, 0) is 0 Å². The number of para-hydroxylation sites is 1. The fraction of sp³-hybridized carbons (Fsp3) is 0.214. The zero-order valence-electron chi connectivity index (χ0n) is 10.2. The van der Waals surface area contributed by atoms with Gasteiger partial charge in [0.1, 0.15) is 0 Å². The number of hydrogen-bond acceptors (Lipinski definition) is 3. The van der Waals surface area contributed by atoms with Gasteiger partial charge in [0.05, 0.1) is 17.8 Å². The predicted molar refractivity (Wildman–Crippen MR) is 75.8 cm³/mol. The standard InChI is InChI=1S/C14H15N3S/c1-10(15)14(12-6-7-18-9-12)17-13-5-3-2-4-11(13)8-16-17/h2-10,14H,15H2,1H3. The molecule has 3 nitrogen and oxygen atoms in total. The Bertz CT molecular complexity index is 640. The molecule has 18 heavy (non-hydrogen) atoms. The van der Waals surface area contributed by atoms with Crippen LogP contribution in [0.2, 0.25) is 0 Å². The summed E-state index contributed by atoms with van der Waals surface area (Å²) in [6.07, 6.45) is 1.90. The third kappa shape index (κ3) is 1.83. The quantitative estimate of drug-likeness (QED) is 0.783. The summed E-state index contributed by atoms with van der Waals surface area (Å²) in [6.45, 7) is 2.03. The third-order valence-corrected chi connectivity index (χ3v) is 3.85. The summed E-state index contributed by atoms with van der Waals surface area (Å²) in [7, 11) is 0. The maximum Gasteiger partial charge on any atom is 0.0931 e. The van der Waals surface area contributed by atoms with Crippen LogP contribution in [0.4, 0.5) is 0 Å². The molecule has 0 bridgehead atoms. The molecule has 2 unspecified atom stereocenters. The fourth-order valence-corrected chi connectivity index (χ4v) is 3.01. The number of fused-ring (bicyclic) bond motifs is 1. The van der Waals surface area contributed by atoms with Crippen molar-refractivity contribution in [3.63, 3.8) is 0 Å². The van der Waals surface area contributed by atoms with Crippen molar-refractivity contribution in [1.29, 1.82) is 0 Å². The van der Waals surface area contributed by atoms with Gasteiger partial charge in [0.25, 0.3) is 0 Å². The molecule has 92 valence electrons. The zero-order chi connectivity index (χ0) is 12.5. The van der Waals surface area contributed by atoms with Gasteiger partial charge in [-0.25, -0.2) is 0 Å². The molecule has 0 spiro atoms. The molecule has 0 aliphatic carbocycles. The highest BCUT2D eigenvalue weighted by Crippen LogP contribution is 2.26. The highest BCUT2D eigenvalue weighted by Gasteiger charge is 2.21. The molecule has 0 radical (unpaired) electrons. The van der Waals surface area contributed by atoms with Crippen molar-refractivity contribution in [3.05, 3.63) is 52.9 Å². The summed E-state index contributed by atoms with van der Waals surface area (Å²) in [5.74, 6) is 0. The number of rotatable bonds is 3. The van der Waals surface area contributed by atoms with E-state index in [1.165, 1.54) is 5.56 Å². The van der Waals surface area contributed by atoms with Crippen LogP contribution in [0.3, 0.4) is 0 Å². The van der Waals surface area contributed by atoms with Gasteiger partial charge in [0, 0.05) is 11.4 Å². The second kappa shape index (κ2) is 4.55. The zero-order valence-corrected chi connectivity index (χ0v) is 11.0. The van der Waals surface area contributed by atoms with E-state index < -0.39 is 0 Å². The Morgan fingerprint density at radius 3 is 2.83 bits per heavy atom. The first-order chi connectivity index (χ1) is 8.77. The topological polar surface area (TPSA) is 43.8 Å². The van der Waals surface area contributed by atoms with Crippen molar-refractivity contribution >= 4 is 22.2 Å². The van der Waals surface area contributed by atoms with Crippen molar-refractivity contribution < 1.29 is 0 Å². The Kier molecular flexibility index (Phi) is 2.89. The van der Waals surface area contributed by atoms with Gasteiger partial charge >= 0.3 is 0 Å². The Hall–Kier alpha value is -1.65. The van der Waals surface area contributed by atoms with Crippen LogP contribution >= 0.6 is 11.3 Å². The highest BCUT2D eigenvalue weighted by molar-refractivity contribution is 7.07. The van der Waals surface area contributed by atoms with Crippen LogP contribution in [0.15, 0.2) is 47.3 Å². The summed E-state index contributed by atoms with van der Waals surface area (Å²) in [5, 5.41) is 9.89. The molecule has 0 saturated heterocycles. The predicted octanol–water partition coefficient (Wildman–Crippen LogP) is 3.03. The lowest BCUT2D eigenvalue weighted by molar-refractivity contribution is 0.467. The van der Waals surface area contributed by atoms with Crippen LogP contribution in [0.1, 0.15) is 18.5 Å². The molecule has 1 aromatic carbocycles. The minimum Gasteiger partial charge on any atom is -0.326 e. The lowest BCUT2D eigenvalue weighted by Crippen LogP contribution is -2.30. The number of aromatic nitrogens is 2. The van der Waals surface area contributed by atoms with E-state index in [9.17, 15) is 0 Å². The van der Waals surface area contributed by atoms with Crippen LogP contribution in [0.5, 0.6) is 0 Å². The SMILES string of the molecule is CC(N)C(c1ccsc1)n1ncc2ccccc21.